The quantitative estimate of drug-likeness (QED) is 0.430. The summed E-state index contributed by atoms with van der Waals surface area (Å²) < 4.78 is 22.4. The summed E-state index contributed by atoms with van der Waals surface area (Å²) in [4.78, 5) is 10.5. The van der Waals surface area contributed by atoms with Crippen LogP contribution in [0.15, 0.2) is 47.4 Å². The van der Waals surface area contributed by atoms with Crippen molar-refractivity contribution in [1.82, 2.24) is 0 Å². The Bertz CT molecular complexity index is 895. The van der Waals surface area contributed by atoms with E-state index in [1.807, 2.05) is 0 Å². The van der Waals surface area contributed by atoms with Gasteiger partial charge in [0.2, 0.25) is 10.0 Å². The monoisotopic (exact) mass is 366 g/mol. The highest BCUT2D eigenvalue weighted by atomic mass is 32.2. The third kappa shape index (κ3) is 4.25. The van der Waals surface area contributed by atoms with Crippen molar-refractivity contribution in [3.63, 3.8) is 0 Å². The Kier molecular flexibility index (Phi) is 5.12. The Labute approximate surface area is 143 Å². The van der Waals surface area contributed by atoms with Crippen LogP contribution in [-0.4, -0.2) is 18.5 Å². The zero-order valence-electron chi connectivity index (χ0n) is 12.5. The third-order valence-corrected chi connectivity index (χ3v) is 4.32. The van der Waals surface area contributed by atoms with Gasteiger partial charge in [-0.1, -0.05) is 6.07 Å². The van der Waals surface area contributed by atoms with Crippen molar-refractivity contribution in [2.75, 3.05) is 10.6 Å². The summed E-state index contributed by atoms with van der Waals surface area (Å²) >= 11 is 5.16. The Morgan fingerprint density at radius 1 is 1.17 bits per heavy atom. The maximum absolute atomic E-state index is 11.2. The summed E-state index contributed by atoms with van der Waals surface area (Å²) in [5, 5.41) is 21.9. The van der Waals surface area contributed by atoms with Crippen LogP contribution in [0.3, 0.4) is 0 Å². The molecule has 2 rings (SSSR count). The first-order valence-electron chi connectivity index (χ1n) is 6.63. The largest absolute Gasteiger partial charge is 0.332 e. The first kappa shape index (κ1) is 17.8. The van der Waals surface area contributed by atoms with E-state index < -0.39 is 14.9 Å². The first-order chi connectivity index (χ1) is 11.2. The molecule has 24 heavy (non-hydrogen) atoms. The second-order valence-corrected chi connectivity index (χ2v) is 6.82. The van der Waals surface area contributed by atoms with E-state index in [4.69, 9.17) is 17.4 Å². The van der Waals surface area contributed by atoms with Crippen LogP contribution in [0.1, 0.15) is 5.56 Å². The lowest BCUT2D eigenvalue weighted by atomic mass is 10.1. The van der Waals surface area contributed by atoms with Crippen molar-refractivity contribution in [1.29, 1.82) is 0 Å². The van der Waals surface area contributed by atoms with Crippen LogP contribution in [0.2, 0.25) is 0 Å². The molecular weight excluding hydrogens is 352 g/mol. The number of benzene rings is 2. The average molecular weight is 366 g/mol. The molecule has 0 fully saturated rings. The molecule has 0 aliphatic heterocycles. The molecule has 2 aromatic carbocycles. The lowest BCUT2D eigenvalue weighted by Gasteiger charge is -2.12. The standard InChI is InChI=1S/C14H14N4O4S2/c1-9-12(3-2-4-13(9)18(19)20)17-14(23)16-10-5-7-11(8-6-10)24(15,21)22/h2-8H,1H3,(H2,15,21,22)(H2,16,17,23). The van der Waals surface area contributed by atoms with Crippen LogP contribution in [0.4, 0.5) is 17.1 Å². The van der Waals surface area contributed by atoms with Crippen molar-refractivity contribution < 1.29 is 13.3 Å². The summed E-state index contributed by atoms with van der Waals surface area (Å²) in [7, 11) is -3.76. The van der Waals surface area contributed by atoms with E-state index in [0.29, 0.717) is 16.9 Å². The number of nitrogens with one attached hydrogen (secondary N) is 2. The maximum Gasteiger partial charge on any atom is 0.274 e. The fourth-order valence-corrected chi connectivity index (χ4v) is 2.71. The van der Waals surface area contributed by atoms with Gasteiger partial charge in [0.05, 0.1) is 21.1 Å². The lowest BCUT2D eigenvalue weighted by molar-refractivity contribution is -0.385. The van der Waals surface area contributed by atoms with Gasteiger partial charge < -0.3 is 10.6 Å². The third-order valence-electron chi connectivity index (χ3n) is 3.19. The van der Waals surface area contributed by atoms with Crippen LogP contribution >= 0.6 is 12.2 Å². The zero-order chi connectivity index (χ0) is 17.9. The predicted molar refractivity (Wildman–Crippen MR) is 95.5 cm³/mol. The highest BCUT2D eigenvalue weighted by Gasteiger charge is 2.14. The van der Waals surface area contributed by atoms with Crippen molar-refractivity contribution in [2.45, 2.75) is 11.8 Å². The predicted octanol–water partition coefficient (Wildman–Crippen LogP) is 2.36. The summed E-state index contributed by atoms with van der Waals surface area (Å²) in [6.45, 7) is 1.62. The van der Waals surface area contributed by atoms with Gasteiger partial charge in [-0.25, -0.2) is 13.6 Å². The summed E-state index contributed by atoms with van der Waals surface area (Å²) in [5.41, 5.74) is 1.49. The van der Waals surface area contributed by atoms with Gasteiger partial charge in [0.25, 0.3) is 5.69 Å². The highest BCUT2D eigenvalue weighted by Crippen LogP contribution is 2.25. The van der Waals surface area contributed by atoms with Gasteiger partial charge >= 0.3 is 0 Å². The molecule has 0 aliphatic carbocycles. The topological polar surface area (TPSA) is 127 Å². The molecule has 4 N–H and O–H groups in total. The molecule has 0 atom stereocenters. The number of thiocarbonyl (C=S) groups is 1. The van der Waals surface area contributed by atoms with Gasteiger partial charge in [-0.3, -0.25) is 10.1 Å². The molecule has 0 spiro atoms. The molecule has 2 aromatic rings. The minimum absolute atomic E-state index is 0.0125. The summed E-state index contributed by atoms with van der Waals surface area (Å²) in [6, 6.07) is 10.3. The molecule has 0 radical (unpaired) electrons. The molecule has 0 saturated carbocycles. The van der Waals surface area contributed by atoms with E-state index >= 15 is 0 Å². The van der Waals surface area contributed by atoms with Gasteiger partial charge in [-0.15, -0.1) is 0 Å². The second-order valence-electron chi connectivity index (χ2n) is 4.86. The van der Waals surface area contributed by atoms with Crippen molar-refractivity contribution in [2.24, 2.45) is 5.14 Å². The molecule has 10 heteroatoms. The zero-order valence-corrected chi connectivity index (χ0v) is 14.1. The number of nitrogens with two attached hydrogens (primary N) is 1. The van der Waals surface area contributed by atoms with Crippen LogP contribution in [0.5, 0.6) is 0 Å². The van der Waals surface area contributed by atoms with Crippen molar-refractivity contribution >= 4 is 44.4 Å². The lowest BCUT2D eigenvalue weighted by Crippen LogP contribution is -2.20. The molecule has 0 bridgehead atoms. The average Bonchev–Trinajstić information content (AvgIpc) is 2.48. The van der Waals surface area contributed by atoms with Crippen LogP contribution < -0.4 is 15.8 Å². The van der Waals surface area contributed by atoms with Gasteiger partial charge in [-0.2, -0.15) is 0 Å². The summed E-state index contributed by atoms with van der Waals surface area (Å²) in [6.07, 6.45) is 0. The molecule has 8 nitrogen and oxygen atoms in total. The van der Waals surface area contributed by atoms with E-state index in [2.05, 4.69) is 10.6 Å². The molecule has 0 heterocycles. The Morgan fingerprint density at radius 2 is 1.79 bits per heavy atom. The SMILES string of the molecule is Cc1c(NC(=S)Nc2ccc(S(N)(=O)=O)cc2)cccc1[N+](=O)[O-]. The van der Waals surface area contributed by atoms with E-state index in [1.54, 1.807) is 19.1 Å². The van der Waals surface area contributed by atoms with Crippen LogP contribution in [0, 0.1) is 17.0 Å². The molecule has 0 saturated heterocycles. The highest BCUT2D eigenvalue weighted by molar-refractivity contribution is 7.89. The number of anilines is 2. The fraction of sp³-hybridized carbons (Fsp3) is 0.0714. The fourth-order valence-electron chi connectivity index (χ4n) is 1.97. The smallest absolute Gasteiger partial charge is 0.274 e. The van der Waals surface area contributed by atoms with Crippen molar-refractivity contribution in [3.05, 3.63) is 58.1 Å². The molecule has 0 unspecified atom stereocenters. The molecule has 0 aliphatic rings. The minimum Gasteiger partial charge on any atom is -0.332 e. The maximum atomic E-state index is 11.2. The van der Waals surface area contributed by atoms with Gasteiger partial charge in [0, 0.05) is 11.8 Å². The normalized spacial score (nSPS) is 10.9. The number of hydrogen-bond acceptors (Lipinski definition) is 5. The van der Waals surface area contributed by atoms with E-state index in [1.165, 1.54) is 30.3 Å². The van der Waals surface area contributed by atoms with Gasteiger partial charge in [-0.05, 0) is 49.5 Å². The van der Waals surface area contributed by atoms with E-state index in [-0.39, 0.29) is 15.7 Å². The summed E-state index contributed by atoms with van der Waals surface area (Å²) in [5.74, 6) is 0. The Morgan fingerprint density at radius 3 is 2.33 bits per heavy atom. The number of nitro benzene ring substituents is 1. The number of nitrogens with zero attached hydrogens (tertiary/aromatic N) is 1. The number of sulfonamides is 1. The molecular formula is C14H14N4O4S2. The molecule has 126 valence electrons. The molecule has 0 aromatic heterocycles. The van der Waals surface area contributed by atoms with Crippen LogP contribution in [0.25, 0.3) is 0 Å². The first-order valence-corrected chi connectivity index (χ1v) is 8.59. The van der Waals surface area contributed by atoms with E-state index in [9.17, 15) is 18.5 Å². The number of primary sulfonamides is 1. The van der Waals surface area contributed by atoms with Gasteiger partial charge in [0.15, 0.2) is 5.11 Å². The van der Waals surface area contributed by atoms with Crippen LogP contribution in [-0.2, 0) is 10.0 Å². The minimum atomic E-state index is -3.76. The number of hydrogen-bond donors (Lipinski definition) is 3. The van der Waals surface area contributed by atoms with Gasteiger partial charge in [0.1, 0.15) is 0 Å². The Balaban J connectivity index is 2.12. The van der Waals surface area contributed by atoms with Crippen molar-refractivity contribution in [3.8, 4) is 0 Å². The molecule has 0 amide bonds. The number of nitro groups is 1. The number of rotatable bonds is 4. The second kappa shape index (κ2) is 6.91. The van der Waals surface area contributed by atoms with E-state index in [0.717, 1.165) is 0 Å². The Hall–Kier alpha value is -2.56.